The minimum Gasteiger partial charge on any atom is -0.377 e. The third-order valence-corrected chi connectivity index (χ3v) is 6.71. The van der Waals surface area contributed by atoms with Gasteiger partial charge in [-0.3, -0.25) is 0 Å². The lowest BCUT2D eigenvalue weighted by atomic mass is 9.64. The topological polar surface area (TPSA) is 21.3 Å². The van der Waals surface area contributed by atoms with Crippen molar-refractivity contribution in [2.45, 2.75) is 84.9 Å². The van der Waals surface area contributed by atoms with Gasteiger partial charge in [0.05, 0.1) is 6.10 Å². The van der Waals surface area contributed by atoms with Gasteiger partial charge in [-0.2, -0.15) is 0 Å². The van der Waals surface area contributed by atoms with Crippen LogP contribution < -0.4 is 5.32 Å². The van der Waals surface area contributed by atoms with Crippen molar-refractivity contribution in [1.82, 2.24) is 5.32 Å². The molecular weight excluding hydrogens is 258 g/mol. The van der Waals surface area contributed by atoms with Crippen molar-refractivity contribution >= 4 is 0 Å². The van der Waals surface area contributed by atoms with Gasteiger partial charge in [-0.15, -0.1) is 0 Å². The number of hydrogen-bond acceptors (Lipinski definition) is 2. The van der Waals surface area contributed by atoms with E-state index in [0.717, 1.165) is 24.4 Å². The molecule has 0 aliphatic heterocycles. The molecule has 2 bridgehead atoms. The van der Waals surface area contributed by atoms with Crippen LogP contribution in [0.2, 0.25) is 0 Å². The summed E-state index contributed by atoms with van der Waals surface area (Å²) in [6.45, 7) is 12.6. The van der Waals surface area contributed by atoms with E-state index in [-0.39, 0.29) is 0 Å². The van der Waals surface area contributed by atoms with Crippen LogP contribution in [0.4, 0.5) is 0 Å². The Labute approximate surface area is 131 Å². The molecule has 21 heavy (non-hydrogen) atoms. The molecule has 1 N–H and O–H groups in total. The Morgan fingerprint density at radius 3 is 2.38 bits per heavy atom. The van der Waals surface area contributed by atoms with Crippen LogP contribution in [-0.4, -0.2) is 24.8 Å². The van der Waals surface area contributed by atoms with E-state index in [0.29, 0.717) is 29.5 Å². The summed E-state index contributed by atoms with van der Waals surface area (Å²) in [6, 6.07) is 1.33. The molecule has 3 aliphatic rings. The molecule has 0 heterocycles. The molecule has 0 aromatic heterocycles. The summed E-state index contributed by atoms with van der Waals surface area (Å²) in [7, 11) is 0. The van der Waals surface area contributed by atoms with Gasteiger partial charge >= 0.3 is 0 Å². The first-order valence-corrected chi connectivity index (χ1v) is 9.25. The van der Waals surface area contributed by atoms with Crippen LogP contribution in [0.25, 0.3) is 0 Å². The third kappa shape index (κ3) is 3.03. The van der Waals surface area contributed by atoms with Crippen LogP contribution >= 0.6 is 0 Å². The first kappa shape index (κ1) is 15.8. The van der Waals surface area contributed by atoms with Crippen molar-refractivity contribution in [3.63, 3.8) is 0 Å². The lowest BCUT2D eigenvalue weighted by Gasteiger charge is -2.53. The average molecular weight is 293 g/mol. The number of nitrogens with one attached hydrogen (secondary N) is 1. The zero-order valence-electron chi connectivity index (χ0n) is 14.7. The zero-order chi connectivity index (χ0) is 15.2. The van der Waals surface area contributed by atoms with Gasteiger partial charge in [0.15, 0.2) is 0 Å². The SMILES string of the molecule is CC(C)COC1CC(NC(C)C2CC3CCC2C3)C1(C)C. The van der Waals surface area contributed by atoms with E-state index in [1.165, 1.54) is 32.1 Å². The van der Waals surface area contributed by atoms with Crippen molar-refractivity contribution in [3.05, 3.63) is 0 Å². The second-order valence-corrected chi connectivity index (χ2v) is 9.12. The molecule has 3 aliphatic carbocycles. The van der Waals surface area contributed by atoms with Crippen molar-refractivity contribution in [2.75, 3.05) is 6.61 Å². The van der Waals surface area contributed by atoms with Gasteiger partial charge in [0.1, 0.15) is 0 Å². The minimum atomic E-state index is 0.292. The molecule has 0 aromatic carbocycles. The Hall–Kier alpha value is -0.0800. The Morgan fingerprint density at radius 1 is 1.10 bits per heavy atom. The van der Waals surface area contributed by atoms with Crippen molar-refractivity contribution < 1.29 is 4.74 Å². The largest absolute Gasteiger partial charge is 0.377 e. The van der Waals surface area contributed by atoms with Crippen LogP contribution in [0, 0.1) is 29.1 Å². The minimum absolute atomic E-state index is 0.292. The highest BCUT2D eigenvalue weighted by molar-refractivity contribution is 5.05. The highest BCUT2D eigenvalue weighted by Gasteiger charge is 2.50. The lowest BCUT2D eigenvalue weighted by Crippen LogP contribution is -2.63. The standard InChI is InChI=1S/C19H35NO/c1-12(2)11-21-18-10-17(19(18,4)5)20-13(3)16-9-14-6-7-15(16)8-14/h12-18,20H,6-11H2,1-5H3. The van der Waals surface area contributed by atoms with Crippen LogP contribution in [-0.2, 0) is 4.74 Å². The summed E-state index contributed by atoms with van der Waals surface area (Å²) in [5, 5.41) is 3.97. The Bertz CT molecular complexity index is 365. The van der Waals surface area contributed by atoms with Crippen molar-refractivity contribution in [2.24, 2.45) is 29.1 Å². The lowest BCUT2D eigenvalue weighted by molar-refractivity contribution is -0.127. The highest BCUT2D eigenvalue weighted by atomic mass is 16.5. The smallest absolute Gasteiger partial charge is 0.0656 e. The third-order valence-electron chi connectivity index (χ3n) is 6.71. The highest BCUT2D eigenvalue weighted by Crippen LogP contribution is 2.50. The molecule has 6 atom stereocenters. The summed E-state index contributed by atoms with van der Waals surface area (Å²) in [5.74, 6) is 3.66. The van der Waals surface area contributed by atoms with E-state index in [1.807, 2.05) is 0 Å². The fourth-order valence-corrected chi connectivity index (χ4v) is 5.11. The summed E-state index contributed by atoms with van der Waals surface area (Å²) < 4.78 is 6.10. The van der Waals surface area contributed by atoms with E-state index in [4.69, 9.17) is 4.74 Å². The number of fused-ring (bicyclic) bond motifs is 2. The molecule has 6 unspecified atom stereocenters. The van der Waals surface area contributed by atoms with Crippen LogP contribution in [0.1, 0.15) is 66.7 Å². The molecule has 3 fully saturated rings. The van der Waals surface area contributed by atoms with Gasteiger partial charge < -0.3 is 10.1 Å². The van der Waals surface area contributed by atoms with E-state index in [9.17, 15) is 0 Å². The van der Waals surface area contributed by atoms with Gasteiger partial charge in [-0.05, 0) is 56.3 Å². The fraction of sp³-hybridized carbons (Fsp3) is 1.00. The van der Waals surface area contributed by atoms with Gasteiger partial charge in [0.2, 0.25) is 0 Å². The average Bonchev–Trinajstić information content (AvgIpc) is 3.03. The second-order valence-electron chi connectivity index (χ2n) is 9.12. The normalized spacial score (nSPS) is 42.3. The van der Waals surface area contributed by atoms with E-state index in [2.05, 4.69) is 39.9 Å². The summed E-state index contributed by atoms with van der Waals surface area (Å²) in [6.07, 6.45) is 7.66. The molecule has 122 valence electrons. The molecule has 0 amide bonds. The Morgan fingerprint density at radius 2 is 1.86 bits per heavy atom. The fourth-order valence-electron chi connectivity index (χ4n) is 5.11. The van der Waals surface area contributed by atoms with Gasteiger partial charge in [0.25, 0.3) is 0 Å². The van der Waals surface area contributed by atoms with E-state index < -0.39 is 0 Å². The number of ether oxygens (including phenoxy) is 1. The van der Waals surface area contributed by atoms with Crippen LogP contribution in [0.15, 0.2) is 0 Å². The molecule has 0 aromatic rings. The first-order chi connectivity index (χ1) is 9.88. The van der Waals surface area contributed by atoms with Crippen LogP contribution in [0.3, 0.4) is 0 Å². The molecule has 3 saturated carbocycles. The quantitative estimate of drug-likeness (QED) is 0.791. The Balaban J connectivity index is 1.48. The summed E-state index contributed by atoms with van der Waals surface area (Å²) in [4.78, 5) is 0. The predicted octanol–water partition coefficient (Wildman–Crippen LogP) is 4.24. The summed E-state index contributed by atoms with van der Waals surface area (Å²) >= 11 is 0. The molecular formula is C19H35NO. The molecule has 0 saturated heterocycles. The second kappa shape index (κ2) is 5.85. The monoisotopic (exact) mass is 293 g/mol. The molecule has 3 rings (SSSR count). The Kier molecular flexibility index (Phi) is 4.40. The van der Waals surface area contributed by atoms with Gasteiger partial charge in [-0.1, -0.05) is 34.1 Å². The molecule has 2 heteroatoms. The molecule has 0 radical (unpaired) electrons. The van der Waals surface area contributed by atoms with Gasteiger partial charge in [0, 0.05) is 24.1 Å². The van der Waals surface area contributed by atoms with Crippen LogP contribution in [0.5, 0.6) is 0 Å². The maximum Gasteiger partial charge on any atom is 0.0656 e. The van der Waals surface area contributed by atoms with E-state index >= 15 is 0 Å². The predicted molar refractivity (Wildman–Crippen MR) is 88.3 cm³/mol. The summed E-state index contributed by atoms with van der Waals surface area (Å²) in [5.41, 5.74) is 0.292. The maximum absolute atomic E-state index is 6.10. The van der Waals surface area contributed by atoms with Gasteiger partial charge in [-0.25, -0.2) is 0 Å². The molecule has 0 spiro atoms. The van der Waals surface area contributed by atoms with Crippen molar-refractivity contribution in [1.29, 1.82) is 0 Å². The number of rotatable bonds is 6. The maximum atomic E-state index is 6.10. The van der Waals surface area contributed by atoms with Crippen molar-refractivity contribution in [3.8, 4) is 0 Å². The number of hydrogen-bond donors (Lipinski definition) is 1. The van der Waals surface area contributed by atoms with E-state index in [1.54, 1.807) is 0 Å². The first-order valence-electron chi connectivity index (χ1n) is 9.25. The molecule has 2 nitrogen and oxygen atoms in total. The zero-order valence-corrected chi connectivity index (χ0v) is 14.7.